The van der Waals surface area contributed by atoms with Crippen LogP contribution in [0.25, 0.3) is 0 Å². The van der Waals surface area contributed by atoms with E-state index >= 15 is 0 Å². The van der Waals surface area contributed by atoms with Crippen LogP contribution >= 0.6 is 0 Å². The second-order valence-corrected chi connectivity index (χ2v) is 3.40. The van der Waals surface area contributed by atoms with E-state index in [1.165, 1.54) is 0 Å². The molecule has 0 unspecified atom stereocenters. The number of dihydropyridines is 1. The fourth-order valence-corrected chi connectivity index (χ4v) is 1.60. The Labute approximate surface area is 71.1 Å². The summed E-state index contributed by atoms with van der Waals surface area (Å²) < 4.78 is 18.7. The number of ether oxygens (including phenoxy) is 1. The molecular weight excluding hydrogens is 157 g/mol. The van der Waals surface area contributed by atoms with E-state index in [1.54, 1.807) is 6.20 Å². The number of hydrogen-bond acceptors (Lipinski definition) is 2. The predicted octanol–water partition coefficient (Wildman–Crippen LogP) is 1.16. The molecule has 2 rings (SSSR count). The molecule has 0 saturated carbocycles. The van der Waals surface area contributed by atoms with Gasteiger partial charge in [0.15, 0.2) is 5.67 Å². The van der Waals surface area contributed by atoms with E-state index in [0.717, 1.165) is 5.57 Å². The first-order chi connectivity index (χ1) is 5.72. The minimum absolute atomic E-state index is 0.198. The van der Waals surface area contributed by atoms with Gasteiger partial charge >= 0.3 is 0 Å². The lowest BCUT2D eigenvalue weighted by molar-refractivity contribution is -0.140. The summed E-state index contributed by atoms with van der Waals surface area (Å²) in [5.41, 5.74) is -0.158. The van der Waals surface area contributed by atoms with Crippen LogP contribution in [0, 0.1) is 0 Å². The maximum absolute atomic E-state index is 13.8. The zero-order valence-corrected chi connectivity index (χ0v) is 7.01. The third-order valence-electron chi connectivity index (χ3n) is 2.37. The molecule has 66 valence electrons. The lowest BCUT2D eigenvalue weighted by atomic mass is 9.88. The van der Waals surface area contributed by atoms with Crippen LogP contribution in [0.15, 0.2) is 23.9 Å². The molecule has 0 aromatic carbocycles. The summed E-state index contributed by atoms with van der Waals surface area (Å²) in [6, 6.07) is -0.198. The van der Waals surface area contributed by atoms with Gasteiger partial charge in [-0.1, -0.05) is 6.08 Å². The zero-order valence-electron chi connectivity index (χ0n) is 7.01. The molecule has 3 heteroatoms. The average molecular weight is 169 g/mol. The number of alkyl halides is 1. The van der Waals surface area contributed by atoms with Gasteiger partial charge in [0, 0.05) is 0 Å². The molecule has 0 radical (unpaired) electrons. The Bertz CT molecular complexity index is 243. The summed E-state index contributed by atoms with van der Waals surface area (Å²) >= 11 is 0. The molecule has 0 amide bonds. The molecule has 2 aliphatic rings. The van der Waals surface area contributed by atoms with Crippen LogP contribution in [0.1, 0.15) is 6.92 Å². The molecule has 1 saturated heterocycles. The van der Waals surface area contributed by atoms with E-state index in [4.69, 9.17) is 4.74 Å². The number of rotatable bonds is 1. The molecule has 2 heterocycles. The van der Waals surface area contributed by atoms with Gasteiger partial charge in [-0.05, 0) is 24.8 Å². The second-order valence-electron chi connectivity index (χ2n) is 3.40. The Kier molecular flexibility index (Phi) is 1.68. The Morgan fingerprint density at radius 2 is 2.42 bits per heavy atom. The van der Waals surface area contributed by atoms with Crippen molar-refractivity contribution in [3.05, 3.63) is 23.9 Å². The third-order valence-corrected chi connectivity index (χ3v) is 2.37. The Morgan fingerprint density at radius 3 is 2.92 bits per heavy atom. The zero-order chi connectivity index (χ0) is 8.60. The maximum atomic E-state index is 13.8. The molecule has 0 aliphatic carbocycles. The fourth-order valence-electron chi connectivity index (χ4n) is 1.60. The van der Waals surface area contributed by atoms with E-state index in [9.17, 15) is 4.39 Å². The van der Waals surface area contributed by atoms with Crippen molar-refractivity contribution >= 4 is 0 Å². The first-order valence-electron chi connectivity index (χ1n) is 4.08. The van der Waals surface area contributed by atoms with E-state index in [1.807, 2.05) is 19.1 Å². The summed E-state index contributed by atoms with van der Waals surface area (Å²) in [6.07, 6.45) is 5.59. The van der Waals surface area contributed by atoms with Crippen LogP contribution in [-0.4, -0.2) is 24.9 Å². The van der Waals surface area contributed by atoms with Crippen LogP contribution in [0.2, 0.25) is 0 Å². The van der Waals surface area contributed by atoms with Gasteiger partial charge in [-0.15, -0.1) is 0 Å². The van der Waals surface area contributed by atoms with Crippen molar-refractivity contribution in [2.75, 3.05) is 13.2 Å². The fraction of sp³-hybridized carbons (Fsp3) is 0.556. The van der Waals surface area contributed by atoms with Crippen molar-refractivity contribution in [2.45, 2.75) is 18.6 Å². The molecule has 1 fully saturated rings. The van der Waals surface area contributed by atoms with Crippen molar-refractivity contribution < 1.29 is 9.13 Å². The second kappa shape index (κ2) is 2.59. The summed E-state index contributed by atoms with van der Waals surface area (Å²) in [5.74, 6) is 0. The number of allylic oxidation sites excluding steroid dienone is 2. The summed E-state index contributed by atoms with van der Waals surface area (Å²) in [5, 5.41) is 3.01. The highest BCUT2D eigenvalue weighted by Gasteiger charge is 2.47. The molecule has 0 aromatic rings. The molecule has 2 nitrogen and oxygen atoms in total. The van der Waals surface area contributed by atoms with Crippen LogP contribution in [0.3, 0.4) is 0 Å². The van der Waals surface area contributed by atoms with Gasteiger partial charge in [-0.3, -0.25) is 0 Å². The molecule has 12 heavy (non-hydrogen) atoms. The average Bonchev–Trinajstić information content (AvgIpc) is 2.01. The van der Waals surface area contributed by atoms with Crippen molar-refractivity contribution in [1.82, 2.24) is 5.32 Å². The van der Waals surface area contributed by atoms with Crippen LogP contribution in [0.5, 0.6) is 0 Å². The normalized spacial score (nSPS) is 31.8. The highest BCUT2D eigenvalue weighted by Crippen LogP contribution is 2.30. The Balaban J connectivity index is 2.14. The molecule has 1 atom stereocenters. The quantitative estimate of drug-likeness (QED) is 0.636. The summed E-state index contributed by atoms with van der Waals surface area (Å²) in [6.45, 7) is 2.36. The molecule has 0 spiro atoms. The number of halogens is 1. The van der Waals surface area contributed by atoms with Crippen molar-refractivity contribution in [3.63, 3.8) is 0 Å². The van der Waals surface area contributed by atoms with Gasteiger partial charge in [-0.2, -0.15) is 0 Å². The van der Waals surface area contributed by atoms with E-state index in [0.29, 0.717) is 0 Å². The topological polar surface area (TPSA) is 21.3 Å². The molecule has 0 aromatic heterocycles. The molecule has 1 N–H and O–H groups in total. The van der Waals surface area contributed by atoms with Gasteiger partial charge in [-0.25, -0.2) is 4.39 Å². The molecule has 2 aliphatic heterocycles. The summed E-state index contributed by atoms with van der Waals surface area (Å²) in [7, 11) is 0. The summed E-state index contributed by atoms with van der Waals surface area (Å²) in [4.78, 5) is 0. The standard InChI is InChI=1S/C9H12FNO/c1-7-3-2-4-11-8(7)9(10)5-12-6-9/h2-4,8,11H,5-6H2,1H3/t8-/m0/s1. The smallest absolute Gasteiger partial charge is 0.180 e. The first kappa shape index (κ1) is 7.80. The van der Waals surface area contributed by atoms with E-state index in [2.05, 4.69) is 5.32 Å². The highest BCUT2D eigenvalue weighted by atomic mass is 19.1. The van der Waals surface area contributed by atoms with Crippen LogP contribution < -0.4 is 5.32 Å². The monoisotopic (exact) mass is 169 g/mol. The van der Waals surface area contributed by atoms with E-state index < -0.39 is 5.67 Å². The maximum Gasteiger partial charge on any atom is 0.180 e. The largest absolute Gasteiger partial charge is 0.381 e. The third kappa shape index (κ3) is 1.05. The minimum atomic E-state index is -1.19. The first-order valence-corrected chi connectivity index (χ1v) is 4.08. The lowest BCUT2D eigenvalue weighted by Crippen LogP contribution is -2.59. The van der Waals surface area contributed by atoms with Gasteiger partial charge < -0.3 is 10.1 Å². The molecule has 0 bridgehead atoms. The van der Waals surface area contributed by atoms with Crippen LogP contribution in [0.4, 0.5) is 4.39 Å². The predicted molar refractivity (Wildman–Crippen MR) is 44.5 cm³/mol. The minimum Gasteiger partial charge on any atom is -0.381 e. The Hall–Kier alpha value is -0.830. The van der Waals surface area contributed by atoms with Crippen molar-refractivity contribution in [2.24, 2.45) is 0 Å². The van der Waals surface area contributed by atoms with Crippen molar-refractivity contribution in [3.8, 4) is 0 Å². The Morgan fingerprint density at radius 1 is 1.67 bits per heavy atom. The number of hydrogen-bond donors (Lipinski definition) is 1. The van der Waals surface area contributed by atoms with Crippen molar-refractivity contribution in [1.29, 1.82) is 0 Å². The SMILES string of the molecule is CC1=CC=CN[C@@H]1C1(F)COC1. The van der Waals surface area contributed by atoms with Crippen LogP contribution in [-0.2, 0) is 4.74 Å². The van der Waals surface area contributed by atoms with Gasteiger partial charge in [0.25, 0.3) is 0 Å². The van der Waals surface area contributed by atoms with Gasteiger partial charge in [0.05, 0.1) is 19.3 Å². The van der Waals surface area contributed by atoms with Gasteiger partial charge in [0.2, 0.25) is 0 Å². The number of nitrogens with one attached hydrogen (secondary N) is 1. The molecular formula is C9H12FNO. The van der Waals surface area contributed by atoms with E-state index in [-0.39, 0.29) is 19.3 Å². The highest BCUT2D eigenvalue weighted by molar-refractivity contribution is 5.26. The van der Waals surface area contributed by atoms with Gasteiger partial charge in [0.1, 0.15) is 0 Å². The lowest BCUT2D eigenvalue weighted by Gasteiger charge is -2.41.